The summed E-state index contributed by atoms with van der Waals surface area (Å²) in [4.78, 5) is 27.2. The fraction of sp³-hybridized carbons (Fsp3) is 0.0714. The zero-order chi connectivity index (χ0) is 13.7. The fourth-order valence-corrected chi connectivity index (χ4v) is 1.47. The van der Waals surface area contributed by atoms with Crippen molar-refractivity contribution in [3.8, 4) is 0 Å². The molecule has 0 bridgehead atoms. The van der Waals surface area contributed by atoms with Crippen molar-refractivity contribution in [3.63, 3.8) is 0 Å². The van der Waals surface area contributed by atoms with E-state index in [0.717, 1.165) is 5.56 Å². The zero-order valence-corrected chi connectivity index (χ0v) is 10.4. The van der Waals surface area contributed by atoms with Crippen LogP contribution in [0.3, 0.4) is 0 Å². The predicted molar refractivity (Wildman–Crippen MR) is 70.3 cm³/mol. The Balaban J connectivity index is 1.94. The van der Waals surface area contributed by atoms with Crippen molar-refractivity contribution in [1.29, 1.82) is 0 Å². The van der Waals surface area contributed by atoms with Gasteiger partial charge in [-0.3, -0.25) is 25.4 Å². The molecule has 2 rings (SSSR count). The van der Waals surface area contributed by atoms with Crippen LogP contribution in [0.1, 0.15) is 26.3 Å². The lowest BCUT2D eigenvalue weighted by Gasteiger charge is -2.07. The molecule has 0 radical (unpaired) electrons. The second-order valence-corrected chi connectivity index (χ2v) is 4.01. The first-order valence-corrected chi connectivity index (χ1v) is 5.74. The van der Waals surface area contributed by atoms with Crippen LogP contribution in [-0.2, 0) is 0 Å². The van der Waals surface area contributed by atoms with E-state index in [1.807, 2.05) is 19.1 Å². The Bertz CT molecular complexity index is 579. The average Bonchev–Trinajstić information content (AvgIpc) is 2.46. The highest BCUT2D eigenvalue weighted by Crippen LogP contribution is 2.02. The first kappa shape index (κ1) is 12.8. The summed E-state index contributed by atoms with van der Waals surface area (Å²) in [6, 6.07) is 10.2. The van der Waals surface area contributed by atoms with Gasteiger partial charge in [-0.2, -0.15) is 0 Å². The van der Waals surface area contributed by atoms with Crippen LogP contribution in [0, 0.1) is 6.92 Å². The minimum absolute atomic E-state index is 0.359. The van der Waals surface area contributed by atoms with E-state index in [4.69, 9.17) is 0 Å². The standard InChI is InChI=1S/C14H13N3O2/c1-10-2-4-11(5-3-10)13(18)16-17-14(19)12-6-8-15-9-7-12/h2-9H,1H3,(H,16,18)(H,17,19). The lowest BCUT2D eigenvalue weighted by molar-refractivity contribution is 0.0846. The molecule has 0 unspecified atom stereocenters. The number of benzene rings is 1. The molecule has 1 heterocycles. The van der Waals surface area contributed by atoms with Gasteiger partial charge in [-0.1, -0.05) is 17.7 Å². The molecule has 2 aromatic rings. The molecule has 19 heavy (non-hydrogen) atoms. The average molecular weight is 255 g/mol. The van der Waals surface area contributed by atoms with Crippen molar-refractivity contribution >= 4 is 11.8 Å². The van der Waals surface area contributed by atoms with Crippen molar-refractivity contribution in [1.82, 2.24) is 15.8 Å². The molecule has 0 aliphatic rings. The molecule has 0 atom stereocenters. The van der Waals surface area contributed by atoms with Gasteiger partial charge < -0.3 is 0 Å². The number of nitrogens with zero attached hydrogens (tertiary/aromatic N) is 1. The van der Waals surface area contributed by atoms with Crippen LogP contribution < -0.4 is 10.9 Å². The number of hydrogen-bond donors (Lipinski definition) is 2. The number of aromatic nitrogens is 1. The Kier molecular flexibility index (Phi) is 3.87. The van der Waals surface area contributed by atoms with Gasteiger partial charge in [-0.05, 0) is 31.2 Å². The molecule has 0 fully saturated rings. The highest BCUT2D eigenvalue weighted by molar-refractivity contribution is 5.98. The second-order valence-electron chi connectivity index (χ2n) is 4.01. The molecule has 0 aliphatic carbocycles. The molecule has 0 saturated heterocycles. The van der Waals surface area contributed by atoms with Gasteiger partial charge in [0, 0.05) is 23.5 Å². The van der Waals surface area contributed by atoms with Crippen LogP contribution in [0.4, 0.5) is 0 Å². The monoisotopic (exact) mass is 255 g/mol. The number of rotatable bonds is 2. The third kappa shape index (κ3) is 3.38. The van der Waals surface area contributed by atoms with E-state index in [9.17, 15) is 9.59 Å². The highest BCUT2D eigenvalue weighted by Gasteiger charge is 2.08. The zero-order valence-electron chi connectivity index (χ0n) is 10.4. The molecule has 96 valence electrons. The van der Waals surface area contributed by atoms with Gasteiger partial charge in [-0.25, -0.2) is 0 Å². The maximum Gasteiger partial charge on any atom is 0.269 e. The summed E-state index contributed by atoms with van der Waals surface area (Å²) in [5.74, 6) is -0.745. The molecule has 2 N–H and O–H groups in total. The number of pyridine rings is 1. The molecule has 2 amide bonds. The summed E-state index contributed by atoms with van der Waals surface area (Å²) < 4.78 is 0. The Hall–Kier alpha value is -2.69. The summed E-state index contributed by atoms with van der Waals surface area (Å²) in [6.45, 7) is 1.94. The van der Waals surface area contributed by atoms with E-state index in [2.05, 4.69) is 15.8 Å². The van der Waals surface area contributed by atoms with Gasteiger partial charge in [0.1, 0.15) is 0 Å². The number of aryl methyl sites for hydroxylation is 1. The van der Waals surface area contributed by atoms with E-state index >= 15 is 0 Å². The summed E-state index contributed by atoms with van der Waals surface area (Å²) in [6.07, 6.45) is 3.02. The Labute approximate surface area is 110 Å². The summed E-state index contributed by atoms with van der Waals surface area (Å²) in [7, 11) is 0. The van der Waals surface area contributed by atoms with E-state index in [-0.39, 0.29) is 11.8 Å². The molecular formula is C14H13N3O2. The smallest absolute Gasteiger partial charge is 0.267 e. The van der Waals surface area contributed by atoms with Crippen molar-refractivity contribution in [3.05, 3.63) is 65.5 Å². The quantitative estimate of drug-likeness (QED) is 0.798. The number of hydrogen-bond acceptors (Lipinski definition) is 3. The third-order valence-electron chi connectivity index (χ3n) is 2.55. The number of carbonyl (C=O) groups excluding carboxylic acids is 2. The first-order chi connectivity index (χ1) is 9.16. The van der Waals surface area contributed by atoms with Crippen molar-refractivity contribution in [2.75, 3.05) is 0 Å². The lowest BCUT2D eigenvalue weighted by atomic mass is 10.1. The van der Waals surface area contributed by atoms with Gasteiger partial charge >= 0.3 is 0 Å². The number of carbonyl (C=O) groups is 2. The maximum absolute atomic E-state index is 11.8. The van der Waals surface area contributed by atoms with Crippen LogP contribution in [0.5, 0.6) is 0 Å². The third-order valence-corrected chi connectivity index (χ3v) is 2.55. The normalized spacial score (nSPS) is 9.74. The molecular weight excluding hydrogens is 242 g/mol. The molecule has 5 nitrogen and oxygen atoms in total. The summed E-state index contributed by atoms with van der Waals surface area (Å²) in [5, 5.41) is 0. The largest absolute Gasteiger partial charge is 0.269 e. The maximum atomic E-state index is 11.8. The van der Waals surface area contributed by atoms with Crippen molar-refractivity contribution in [2.45, 2.75) is 6.92 Å². The fourth-order valence-electron chi connectivity index (χ4n) is 1.47. The minimum atomic E-state index is -0.386. The molecule has 1 aromatic carbocycles. The summed E-state index contributed by atoms with van der Waals surface area (Å²) in [5.41, 5.74) is 6.69. The molecule has 0 aliphatic heterocycles. The second kappa shape index (κ2) is 5.77. The van der Waals surface area contributed by atoms with Gasteiger partial charge in [0.05, 0.1) is 0 Å². The van der Waals surface area contributed by atoms with E-state index < -0.39 is 0 Å². The highest BCUT2D eigenvalue weighted by atomic mass is 16.2. The van der Waals surface area contributed by atoms with Crippen LogP contribution in [-0.4, -0.2) is 16.8 Å². The van der Waals surface area contributed by atoms with E-state index in [1.165, 1.54) is 12.4 Å². The van der Waals surface area contributed by atoms with Crippen LogP contribution in [0.25, 0.3) is 0 Å². The number of hydrazine groups is 1. The predicted octanol–water partition coefficient (Wildman–Crippen LogP) is 1.46. The Morgan fingerprint density at radius 1 is 0.842 bits per heavy atom. The van der Waals surface area contributed by atoms with Gasteiger partial charge in [-0.15, -0.1) is 0 Å². The number of amides is 2. The topological polar surface area (TPSA) is 71.1 Å². The first-order valence-electron chi connectivity index (χ1n) is 5.74. The van der Waals surface area contributed by atoms with E-state index in [1.54, 1.807) is 24.3 Å². The van der Waals surface area contributed by atoms with Crippen LogP contribution in [0.15, 0.2) is 48.8 Å². The Morgan fingerprint density at radius 3 is 1.84 bits per heavy atom. The Morgan fingerprint density at radius 2 is 1.32 bits per heavy atom. The van der Waals surface area contributed by atoms with Crippen molar-refractivity contribution < 1.29 is 9.59 Å². The van der Waals surface area contributed by atoms with Gasteiger partial charge in [0.25, 0.3) is 11.8 Å². The molecule has 5 heteroatoms. The summed E-state index contributed by atoms with van der Waals surface area (Å²) >= 11 is 0. The number of nitrogens with one attached hydrogen (secondary N) is 2. The lowest BCUT2D eigenvalue weighted by Crippen LogP contribution is -2.41. The SMILES string of the molecule is Cc1ccc(C(=O)NNC(=O)c2ccncc2)cc1. The minimum Gasteiger partial charge on any atom is -0.267 e. The van der Waals surface area contributed by atoms with E-state index in [0.29, 0.717) is 11.1 Å². The van der Waals surface area contributed by atoms with Gasteiger partial charge in [0.15, 0.2) is 0 Å². The van der Waals surface area contributed by atoms with Crippen LogP contribution in [0.2, 0.25) is 0 Å². The molecule has 0 saturated carbocycles. The van der Waals surface area contributed by atoms with Crippen molar-refractivity contribution in [2.24, 2.45) is 0 Å². The molecule has 0 spiro atoms. The van der Waals surface area contributed by atoms with Gasteiger partial charge in [0.2, 0.25) is 0 Å². The molecule has 1 aromatic heterocycles. The van der Waals surface area contributed by atoms with Crippen LogP contribution >= 0.6 is 0 Å².